The summed E-state index contributed by atoms with van der Waals surface area (Å²) in [7, 11) is 4.90. The summed E-state index contributed by atoms with van der Waals surface area (Å²) in [5.41, 5.74) is 0.852. The Kier molecular flexibility index (Phi) is 5.00. The highest BCUT2D eigenvalue weighted by molar-refractivity contribution is 5.44. The molecule has 5 heteroatoms. The van der Waals surface area contributed by atoms with Gasteiger partial charge in [-0.3, -0.25) is 0 Å². The van der Waals surface area contributed by atoms with Gasteiger partial charge in [0.05, 0.1) is 14.2 Å². The van der Waals surface area contributed by atoms with Crippen LogP contribution < -0.4 is 19.5 Å². The topological polar surface area (TPSA) is 39.7 Å². The molecule has 2 rings (SSSR count). The zero-order valence-corrected chi connectivity index (χ0v) is 12.3. The van der Waals surface area contributed by atoms with Gasteiger partial charge in [0.15, 0.2) is 11.6 Å². The zero-order valence-electron chi connectivity index (χ0n) is 12.3. The van der Waals surface area contributed by atoms with E-state index in [1.54, 1.807) is 38.5 Å². The van der Waals surface area contributed by atoms with Gasteiger partial charge in [0.25, 0.3) is 0 Å². The van der Waals surface area contributed by atoms with Crippen molar-refractivity contribution in [3.8, 4) is 23.0 Å². The Morgan fingerprint density at radius 1 is 0.952 bits per heavy atom. The number of hydrogen-bond donors (Lipinski definition) is 1. The predicted octanol–water partition coefficient (Wildman–Crippen LogP) is 3.35. The van der Waals surface area contributed by atoms with Gasteiger partial charge in [-0.05, 0) is 24.7 Å². The summed E-state index contributed by atoms with van der Waals surface area (Å²) in [5.74, 6) is 1.36. The van der Waals surface area contributed by atoms with Crippen molar-refractivity contribution in [3.63, 3.8) is 0 Å². The first kappa shape index (κ1) is 15.1. The monoisotopic (exact) mass is 291 g/mol. The van der Waals surface area contributed by atoms with Crippen LogP contribution in [0.2, 0.25) is 0 Å². The van der Waals surface area contributed by atoms with E-state index in [1.807, 2.05) is 13.1 Å². The van der Waals surface area contributed by atoms with Crippen molar-refractivity contribution in [2.24, 2.45) is 0 Å². The summed E-state index contributed by atoms with van der Waals surface area (Å²) >= 11 is 0. The van der Waals surface area contributed by atoms with E-state index < -0.39 is 5.82 Å². The average Bonchev–Trinajstić information content (AvgIpc) is 2.50. The fourth-order valence-corrected chi connectivity index (χ4v) is 1.91. The van der Waals surface area contributed by atoms with Gasteiger partial charge in [0, 0.05) is 24.7 Å². The third-order valence-corrected chi connectivity index (χ3v) is 2.93. The Hall–Kier alpha value is -2.27. The maximum absolute atomic E-state index is 14.0. The first-order chi connectivity index (χ1) is 10.2. The van der Waals surface area contributed by atoms with E-state index in [0.717, 1.165) is 5.56 Å². The minimum Gasteiger partial charge on any atom is -0.496 e. The van der Waals surface area contributed by atoms with Crippen LogP contribution in [0.5, 0.6) is 23.0 Å². The summed E-state index contributed by atoms with van der Waals surface area (Å²) in [5, 5.41) is 2.97. The molecule has 0 aliphatic heterocycles. The molecule has 0 heterocycles. The smallest absolute Gasteiger partial charge is 0.166 e. The number of methoxy groups -OCH3 is 2. The minimum absolute atomic E-state index is 0.158. The molecule has 0 saturated carbocycles. The van der Waals surface area contributed by atoms with Crippen molar-refractivity contribution in [1.29, 1.82) is 0 Å². The summed E-state index contributed by atoms with van der Waals surface area (Å²) in [6, 6.07) is 9.93. The lowest BCUT2D eigenvalue weighted by atomic mass is 10.2. The second kappa shape index (κ2) is 6.95. The van der Waals surface area contributed by atoms with Crippen LogP contribution in [0.4, 0.5) is 4.39 Å². The number of halogens is 1. The Morgan fingerprint density at radius 3 is 2.10 bits per heavy atom. The first-order valence-electron chi connectivity index (χ1n) is 6.50. The Bertz CT molecular complexity index is 594. The average molecular weight is 291 g/mol. The highest BCUT2D eigenvalue weighted by atomic mass is 19.1. The maximum Gasteiger partial charge on any atom is 0.166 e. The van der Waals surface area contributed by atoms with E-state index in [2.05, 4.69) is 5.32 Å². The molecule has 21 heavy (non-hydrogen) atoms. The molecule has 0 spiro atoms. The van der Waals surface area contributed by atoms with Crippen molar-refractivity contribution < 1.29 is 18.6 Å². The largest absolute Gasteiger partial charge is 0.496 e. The Balaban J connectivity index is 2.25. The van der Waals surface area contributed by atoms with E-state index in [-0.39, 0.29) is 5.75 Å². The number of nitrogens with one attached hydrogen (secondary N) is 1. The van der Waals surface area contributed by atoms with E-state index >= 15 is 0 Å². The van der Waals surface area contributed by atoms with E-state index in [0.29, 0.717) is 23.8 Å². The van der Waals surface area contributed by atoms with Gasteiger partial charge in [0.1, 0.15) is 17.2 Å². The standard InChI is InChI=1S/C16H18FNO3/c1-18-10-11-4-5-16(15(17)6-11)21-14-8-12(19-2)7-13(9-14)20-3/h4-9,18H,10H2,1-3H3. The molecule has 112 valence electrons. The third-order valence-electron chi connectivity index (χ3n) is 2.93. The van der Waals surface area contributed by atoms with Crippen LogP contribution in [0.3, 0.4) is 0 Å². The fourth-order valence-electron chi connectivity index (χ4n) is 1.91. The molecule has 2 aromatic carbocycles. The van der Waals surface area contributed by atoms with Gasteiger partial charge in [0.2, 0.25) is 0 Å². The predicted molar refractivity (Wildman–Crippen MR) is 78.8 cm³/mol. The zero-order chi connectivity index (χ0) is 15.2. The van der Waals surface area contributed by atoms with Gasteiger partial charge >= 0.3 is 0 Å². The van der Waals surface area contributed by atoms with Crippen LogP contribution >= 0.6 is 0 Å². The number of ether oxygens (including phenoxy) is 3. The Labute approximate surface area is 123 Å². The molecule has 0 aromatic heterocycles. The summed E-state index contributed by atoms with van der Waals surface area (Å²) in [6.45, 7) is 0.601. The van der Waals surface area contributed by atoms with Crippen LogP contribution in [0.15, 0.2) is 36.4 Å². The van der Waals surface area contributed by atoms with Crippen molar-refractivity contribution in [3.05, 3.63) is 47.8 Å². The summed E-state index contributed by atoms with van der Waals surface area (Å²) in [4.78, 5) is 0. The van der Waals surface area contributed by atoms with Crippen LogP contribution in [0, 0.1) is 5.82 Å². The minimum atomic E-state index is -0.412. The van der Waals surface area contributed by atoms with Gasteiger partial charge < -0.3 is 19.5 Å². The maximum atomic E-state index is 14.0. The lowest BCUT2D eigenvalue weighted by molar-refractivity contribution is 0.383. The highest BCUT2D eigenvalue weighted by Crippen LogP contribution is 2.32. The second-order valence-electron chi connectivity index (χ2n) is 4.45. The number of benzene rings is 2. The van der Waals surface area contributed by atoms with Gasteiger partial charge in [-0.1, -0.05) is 6.07 Å². The van der Waals surface area contributed by atoms with E-state index in [1.165, 1.54) is 6.07 Å². The van der Waals surface area contributed by atoms with Crippen LogP contribution in [-0.2, 0) is 6.54 Å². The summed E-state index contributed by atoms with van der Waals surface area (Å²) < 4.78 is 29.9. The van der Waals surface area contributed by atoms with Gasteiger partial charge in [-0.15, -0.1) is 0 Å². The van der Waals surface area contributed by atoms with Crippen LogP contribution in [0.1, 0.15) is 5.56 Å². The first-order valence-corrected chi connectivity index (χ1v) is 6.50. The van der Waals surface area contributed by atoms with E-state index in [4.69, 9.17) is 14.2 Å². The second-order valence-corrected chi connectivity index (χ2v) is 4.45. The number of rotatable bonds is 6. The van der Waals surface area contributed by atoms with Crippen LogP contribution in [0.25, 0.3) is 0 Å². The highest BCUT2D eigenvalue weighted by Gasteiger charge is 2.08. The molecular weight excluding hydrogens is 273 g/mol. The molecule has 0 aliphatic rings. The molecule has 0 atom stereocenters. The molecule has 0 saturated heterocycles. The molecule has 0 bridgehead atoms. The van der Waals surface area contributed by atoms with E-state index in [9.17, 15) is 4.39 Å². The van der Waals surface area contributed by atoms with Crippen molar-refractivity contribution in [1.82, 2.24) is 5.32 Å². The van der Waals surface area contributed by atoms with Crippen molar-refractivity contribution in [2.45, 2.75) is 6.54 Å². The third kappa shape index (κ3) is 3.86. The van der Waals surface area contributed by atoms with Gasteiger partial charge in [-0.2, -0.15) is 0 Å². The van der Waals surface area contributed by atoms with Crippen molar-refractivity contribution >= 4 is 0 Å². The molecule has 0 amide bonds. The fraction of sp³-hybridized carbons (Fsp3) is 0.250. The molecule has 0 unspecified atom stereocenters. The molecule has 2 aromatic rings. The normalized spacial score (nSPS) is 10.3. The molecular formula is C16H18FNO3. The van der Waals surface area contributed by atoms with Crippen molar-refractivity contribution in [2.75, 3.05) is 21.3 Å². The summed E-state index contributed by atoms with van der Waals surface area (Å²) in [6.07, 6.45) is 0. The number of hydrogen-bond acceptors (Lipinski definition) is 4. The van der Waals surface area contributed by atoms with Gasteiger partial charge in [-0.25, -0.2) is 4.39 Å². The quantitative estimate of drug-likeness (QED) is 0.886. The SMILES string of the molecule is CNCc1ccc(Oc2cc(OC)cc(OC)c2)c(F)c1. The molecule has 0 fully saturated rings. The molecule has 0 aliphatic carbocycles. The van der Waals surface area contributed by atoms with Crippen LogP contribution in [-0.4, -0.2) is 21.3 Å². The molecule has 4 nitrogen and oxygen atoms in total. The molecule has 1 N–H and O–H groups in total. The lowest BCUT2D eigenvalue weighted by Crippen LogP contribution is -2.05. The Morgan fingerprint density at radius 2 is 1.57 bits per heavy atom. The molecule has 0 radical (unpaired) electrons. The lowest BCUT2D eigenvalue weighted by Gasteiger charge is -2.11.